The van der Waals surface area contributed by atoms with Gasteiger partial charge in [0.25, 0.3) is 0 Å². The van der Waals surface area contributed by atoms with E-state index in [9.17, 15) is 8.42 Å². The molecule has 2 fully saturated rings. The zero-order valence-corrected chi connectivity index (χ0v) is 15.5. The van der Waals surface area contributed by atoms with E-state index in [0.717, 1.165) is 30.7 Å². The van der Waals surface area contributed by atoms with Gasteiger partial charge in [0.1, 0.15) is 0 Å². The number of anilines is 1. The van der Waals surface area contributed by atoms with E-state index in [0.29, 0.717) is 18.1 Å². The summed E-state index contributed by atoms with van der Waals surface area (Å²) < 4.78 is 29.5. The van der Waals surface area contributed by atoms with E-state index in [1.807, 2.05) is 36.1 Å². The summed E-state index contributed by atoms with van der Waals surface area (Å²) >= 11 is 5.61. The van der Waals surface area contributed by atoms with Gasteiger partial charge in [-0.05, 0) is 56.1 Å². The summed E-state index contributed by atoms with van der Waals surface area (Å²) in [6.45, 7) is 3.46. The van der Waals surface area contributed by atoms with Crippen molar-refractivity contribution in [1.29, 1.82) is 0 Å². The van der Waals surface area contributed by atoms with Crippen LogP contribution in [-0.2, 0) is 14.6 Å². The minimum Gasteiger partial charge on any atom is -0.376 e. The maximum atomic E-state index is 11.9. The molecule has 2 saturated heterocycles. The van der Waals surface area contributed by atoms with Crippen molar-refractivity contribution in [2.24, 2.45) is 0 Å². The highest BCUT2D eigenvalue weighted by Crippen LogP contribution is 2.22. The molecule has 2 atom stereocenters. The van der Waals surface area contributed by atoms with Crippen LogP contribution in [0.3, 0.4) is 0 Å². The second kappa shape index (κ2) is 7.37. The van der Waals surface area contributed by atoms with Gasteiger partial charge in [-0.25, -0.2) is 8.42 Å². The van der Waals surface area contributed by atoms with Crippen molar-refractivity contribution in [3.8, 4) is 0 Å². The van der Waals surface area contributed by atoms with Gasteiger partial charge in [0.15, 0.2) is 14.9 Å². The Hall–Kier alpha value is -1.18. The molecule has 0 spiro atoms. The average Bonchev–Trinajstić information content (AvgIpc) is 3.14. The van der Waals surface area contributed by atoms with E-state index in [1.165, 1.54) is 0 Å². The molecule has 0 unspecified atom stereocenters. The molecule has 2 aliphatic rings. The van der Waals surface area contributed by atoms with Crippen LogP contribution < -0.4 is 5.32 Å². The van der Waals surface area contributed by atoms with Crippen molar-refractivity contribution >= 4 is 32.9 Å². The molecule has 24 heavy (non-hydrogen) atoms. The molecular formula is C17H24N2O3S2. The van der Waals surface area contributed by atoms with Crippen LogP contribution in [0.2, 0.25) is 0 Å². The SMILES string of the molecule is Cc1cccc(NC(=S)N(C[C@H]2CCCO2)[C@@H]2CCS(=O)(=O)C2)c1. The van der Waals surface area contributed by atoms with Crippen LogP contribution in [0.4, 0.5) is 5.69 Å². The Morgan fingerprint density at radius 2 is 2.25 bits per heavy atom. The van der Waals surface area contributed by atoms with E-state index in [1.54, 1.807) is 0 Å². The molecule has 3 rings (SSSR count). The molecule has 1 aromatic rings. The molecule has 1 aromatic carbocycles. The highest BCUT2D eigenvalue weighted by molar-refractivity contribution is 7.91. The third kappa shape index (κ3) is 4.46. The monoisotopic (exact) mass is 368 g/mol. The van der Waals surface area contributed by atoms with Gasteiger partial charge in [-0.15, -0.1) is 0 Å². The Kier molecular flexibility index (Phi) is 5.42. The van der Waals surface area contributed by atoms with Gasteiger partial charge in [-0.2, -0.15) is 0 Å². The molecule has 0 aromatic heterocycles. The number of ether oxygens (including phenoxy) is 1. The standard InChI is InChI=1S/C17H24N2O3S2/c1-13-4-2-5-14(10-13)18-17(23)19(11-16-6-3-8-22-16)15-7-9-24(20,21)12-15/h2,4-5,10,15-16H,3,6-9,11-12H2,1H3,(H,18,23)/t15-,16-/m1/s1. The Labute approximate surface area is 149 Å². The maximum Gasteiger partial charge on any atom is 0.173 e. The summed E-state index contributed by atoms with van der Waals surface area (Å²) in [5, 5.41) is 3.85. The van der Waals surface area contributed by atoms with E-state index < -0.39 is 9.84 Å². The zero-order chi connectivity index (χ0) is 17.2. The lowest BCUT2D eigenvalue weighted by Gasteiger charge is -2.33. The van der Waals surface area contributed by atoms with Crippen molar-refractivity contribution in [3.63, 3.8) is 0 Å². The van der Waals surface area contributed by atoms with Crippen LogP contribution in [-0.4, -0.2) is 55.2 Å². The fourth-order valence-corrected chi connectivity index (χ4v) is 5.42. The lowest BCUT2D eigenvalue weighted by atomic mass is 10.1. The van der Waals surface area contributed by atoms with Crippen LogP contribution in [0.1, 0.15) is 24.8 Å². The Bertz CT molecular complexity index is 700. The number of aryl methyl sites for hydroxylation is 1. The molecular weight excluding hydrogens is 344 g/mol. The molecule has 0 bridgehead atoms. The van der Waals surface area contributed by atoms with Crippen molar-refractivity contribution in [3.05, 3.63) is 29.8 Å². The Morgan fingerprint density at radius 1 is 1.42 bits per heavy atom. The van der Waals surface area contributed by atoms with Crippen LogP contribution in [0.5, 0.6) is 0 Å². The van der Waals surface area contributed by atoms with E-state index in [2.05, 4.69) is 5.32 Å². The summed E-state index contributed by atoms with van der Waals surface area (Å²) in [5.74, 6) is 0.419. The first kappa shape index (κ1) is 17.6. The van der Waals surface area contributed by atoms with Gasteiger partial charge in [0.05, 0.1) is 17.6 Å². The molecule has 0 radical (unpaired) electrons. The average molecular weight is 369 g/mol. The smallest absolute Gasteiger partial charge is 0.173 e. The fraction of sp³-hybridized carbons (Fsp3) is 0.588. The second-order valence-electron chi connectivity index (χ2n) is 6.64. The molecule has 0 aliphatic carbocycles. The number of hydrogen-bond donors (Lipinski definition) is 1. The predicted molar refractivity (Wildman–Crippen MR) is 100 cm³/mol. The van der Waals surface area contributed by atoms with Crippen LogP contribution in [0.25, 0.3) is 0 Å². The number of sulfone groups is 1. The summed E-state index contributed by atoms with van der Waals surface area (Å²) in [6.07, 6.45) is 2.82. The number of nitrogens with one attached hydrogen (secondary N) is 1. The molecule has 7 heteroatoms. The van der Waals surface area contributed by atoms with Crippen molar-refractivity contribution in [2.45, 2.75) is 38.3 Å². The Morgan fingerprint density at radius 3 is 2.88 bits per heavy atom. The quantitative estimate of drug-likeness (QED) is 0.824. The van der Waals surface area contributed by atoms with Gasteiger partial charge in [-0.1, -0.05) is 12.1 Å². The minimum absolute atomic E-state index is 0.0657. The van der Waals surface area contributed by atoms with Crippen LogP contribution in [0, 0.1) is 6.92 Å². The third-order valence-corrected chi connectivity index (χ3v) is 6.69. The van der Waals surface area contributed by atoms with Crippen LogP contribution in [0.15, 0.2) is 24.3 Å². The first-order valence-corrected chi connectivity index (χ1v) is 10.6. The molecule has 2 aliphatic heterocycles. The fourth-order valence-electron chi connectivity index (χ4n) is 3.34. The largest absolute Gasteiger partial charge is 0.376 e. The number of hydrogen-bond acceptors (Lipinski definition) is 4. The summed E-state index contributed by atoms with van der Waals surface area (Å²) in [6, 6.07) is 7.94. The van der Waals surface area contributed by atoms with Crippen molar-refractivity contribution < 1.29 is 13.2 Å². The Balaban J connectivity index is 1.73. The van der Waals surface area contributed by atoms with Gasteiger partial charge < -0.3 is 15.0 Å². The predicted octanol–water partition coefficient (Wildman–Crippen LogP) is 2.36. The van der Waals surface area contributed by atoms with Crippen LogP contribution >= 0.6 is 12.2 Å². The number of nitrogens with zero attached hydrogens (tertiary/aromatic N) is 1. The van der Waals surface area contributed by atoms with Gasteiger partial charge >= 0.3 is 0 Å². The third-order valence-electron chi connectivity index (χ3n) is 4.60. The molecule has 1 N–H and O–H groups in total. The summed E-state index contributed by atoms with van der Waals surface area (Å²) in [4.78, 5) is 2.03. The normalized spacial score (nSPS) is 25.5. The number of thiocarbonyl (C=S) groups is 1. The van der Waals surface area contributed by atoms with E-state index in [4.69, 9.17) is 17.0 Å². The highest BCUT2D eigenvalue weighted by Gasteiger charge is 2.35. The van der Waals surface area contributed by atoms with Gasteiger partial charge in [0.2, 0.25) is 0 Å². The minimum atomic E-state index is -2.96. The second-order valence-corrected chi connectivity index (χ2v) is 9.26. The van der Waals surface area contributed by atoms with Gasteiger partial charge in [0, 0.05) is 24.9 Å². The van der Waals surface area contributed by atoms with Crippen molar-refractivity contribution in [2.75, 3.05) is 30.0 Å². The molecule has 0 saturated carbocycles. The first-order chi connectivity index (χ1) is 11.4. The summed E-state index contributed by atoms with van der Waals surface area (Å²) in [7, 11) is -2.96. The zero-order valence-electron chi connectivity index (χ0n) is 13.9. The lowest BCUT2D eigenvalue weighted by Crippen LogP contribution is -2.47. The first-order valence-electron chi connectivity index (χ1n) is 8.39. The molecule has 5 nitrogen and oxygen atoms in total. The van der Waals surface area contributed by atoms with Gasteiger partial charge in [-0.3, -0.25) is 0 Å². The van der Waals surface area contributed by atoms with E-state index >= 15 is 0 Å². The van der Waals surface area contributed by atoms with E-state index in [-0.39, 0.29) is 23.7 Å². The molecule has 2 heterocycles. The number of rotatable bonds is 4. The maximum absolute atomic E-state index is 11.9. The lowest BCUT2D eigenvalue weighted by molar-refractivity contribution is 0.0851. The highest BCUT2D eigenvalue weighted by atomic mass is 32.2. The molecule has 132 valence electrons. The topological polar surface area (TPSA) is 58.6 Å². The van der Waals surface area contributed by atoms with Crippen molar-refractivity contribution in [1.82, 2.24) is 4.90 Å². The summed E-state index contributed by atoms with van der Waals surface area (Å²) in [5.41, 5.74) is 2.08. The molecule has 0 amide bonds. The number of benzene rings is 1.